The molecule has 2 amide bonds. The quantitative estimate of drug-likeness (QED) is 0.412. The van der Waals surface area contributed by atoms with Gasteiger partial charge in [0.2, 0.25) is 0 Å². The van der Waals surface area contributed by atoms with E-state index in [0.717, 1.165) is 18.2 Å². The minimum Gasteiger partial charge on any atom is -0.493 e. The number of rotatable bonds is 8. The molecular weight excluding hydrogens is 428 g/mol. The van der Waals surface area contributed by atoms with Gasteiger partial charge in [-0.3, -0.25) is 0 Å². The van der Waals surface area contributed by atoms with Crippen LogP contribution in [0, 0.1) is 0 Å². The molecule has 0 atom stereocenters. The van der Waals surface area contributed by atoms with Crippen LogP contribution in [0.2, 0.25) is 0 Å². The van der Waals surface area contributed by atoms with Gasteiger partial charge in [-0.05, 0) is 18.2 Å². The summed E-state index contributed by atoms with van der Waals surface area (Å²) in [6.45, 7) is -0.0334. The predicted molar refractivity (Wildman–Crippen MR) is 116 cm³/mol. The van der Waals surface area contributed by atoms with Crippen molar-refractivity contribution >= 4 is 44.4 Å². The Balaban J connectivity index is 1.98. The number of methoxy groups -OCH3 is 1. The van der Waals surface area contributed by atoms with Crippen LogP contribution in [-0.2, 0) is 9.84 Å². The summed E-state index contributed by atoms with van der Waals surface area (Å²) in [5.74, 6) is 0.612. The lowest BCUT2D eigenvalue weighted by molar-refractivity contribution is 0.257. The molecule has 0 bridgehead atoms. The van der Waals surface area contributed by atoms with Crippen LogP contribution >= 0.6 is 11.9 Å². The number of nitrogens with two attached hydrogens (primary N) is 1. The van der Waals surface area contributed by atoms with E-state index in [1.165, 1.54) is 17.7 Å². The third-order valence-electron chi connectivity index (χ3n) is 3.96. The number of primary amides is 1. The number of sulfone groups is 1. The first-order valence-corrected chi connectivity index (χ1v) is 11.6. The van der Waals surface area contributed by atoms with Crippen LogP contribution in [-0.4, -0.2) is 50.1 Å². The molecule has 3 rings (SSSR count). The highest BCUT2D eigenvalue weighted by Crippen LogP contribution is 2.37. The Labute approximate surface area is 178 Å². The van der Waals surface area contributed by atoms with Gasteiger partial charge in [-0.25, -0.2) is 27.5 Å². The lowest BCUT2D eigenvalue weighted by Crippen LogP contribution is -2.29. The summed E-state index contributed by atoms with van der Waals surface area (Å²) in [7, 11) is -1.70. The van der Waals surface area contributed by atoms with Crippen LogP contribution in [0.3, 0.4) is 0 Å². The summed E-state index contributed by atoms with van der Waals surface area (Å²) in [5, 5.41) is 1.07. The van der Waals surface area contributed by atoms with Crippen molar-refractivity contribution in [2.24, 2.45) is 5.73 Å². The molecule has 0 saturated heterocycles. The Morgan fingerprint density at radius 3 is 2.53 bits per heavy atom. The van der Waals surface area contributed by atoms with Gasteiger partial charge in [-0.15, -0.1) is 0 Å². The number of nitrogens with zero attached hydrogens (tertiary/aromatic N) is 3. The summed E-state index contributed by atoms with van der Waals surface area (Å²) >= 11 is 1.05. The number of urea groups is 1. The highest BCUT2D eigenvalue weighted by molar-refractivity contribution is 8.01. The Kier molecular flexibility index (Phi) is 6.63. The Morgan fingerprint density at radius 1 is 1.17 bits per heavy atom. The highest BCUT2D eigenvalue weighted by Gasteiger charge is 2.19. The fourth-order valence-electron chi connectivity index (χ4n) is 2.56. The van der Waals surface area contributed by atoms with Crippen molar-refractivity contribution in [2.75, 3.05) is 30.0 Å². The molecule has 158 valence electrons. The molecule has 3 aromatic rings. The zero-order valence-electron chi connectivity index (χ0n) is 16.3. The lowest BCUT2D eigenvalue weighted by atomic mass is 10.2. The third-order valence-corrected chi connectivity index (χ3v) is 5.94. The minimum atomic E-state index is -3.17. The van der Waals surface area contributed by atoms with Crippen molar-refractivity contribution in [3.8, 4) is 11.5 Å². The van der Waals surface area contributed by atoms with Crippen LogP contribution < -0.4 is 19.5 Å². The first-order chi connectivity index (χ1) is 14.3. The molecule has 0 aliphatic rings. The van der Waals surface area contributed by atoms with E-state index in [4.69, 9.17) is 15.2 Å². The van der Waals surface area contributed by atoms with Crippen molar-refractivity contribution in [1.82, 2.24) is 9.97 Å². The van der Waals surface area contributed by atoms with E-state index >= 15 is 0 Å². The molecule has 0 spiro atoms. The molecular formula is C19H20N4O5S2. The molecule has 0 fully saturated rings. The van der Waals surface area contributed by atoms with E-state index in [0.29, 0.717) is 33.1 Å². The first kappa shape index (κ1) is 21.7. The van der Waals surface area contributed by atoms with Crippen molar-refractivity contribution in [1.29, 1.82) is 0 Å². The number of carbonyl (C=O) groups excluding carboxylic acids is 1. The largest absolute Gasteiger partial charge is 0.493 e. The zero-order valence-corrected chi connectivity index (χ0v) is 17.9. The molecule has 11 heteroatoms. The highest BCUT2D eigenvalue weighted by atomic mass is 32.2. The minimum absolute atomic E-state index is 0.0334. The average Bonchev–Trinajstić information content (AvgIpc) is 2.71. The number of anilines is 1. The Hall–Kier alpha value is -3.05. The molecule has 0 radical (unpaired) electrons. The number of para-hydroxylation sites is 1. The van der Waals surface area contributed by atoms with Crippen LogP contribution in [0.5, 0.6) is 11.5 Å². The number of hydrogen-bond donors (Lipinski definition) is 1. The maximum absolute atomic E-state index is 12.0. The van der Waals surface area contributed by atoms with Gasteiger partial charge in [0, 0.05) is 29.7 Å². The van der Waals surface area contributed by atoms with Gasteiger partial charge in [-0.1, -0.05) is 18.2 Å². The van der Waals surface area contributed by atoms with Crippen LogP contribution in [0.4, 0.5) is 10.5 Å². The summed E-state index contributed by atoms with van der Waals surface area (Å²) in [4.78, 5) is 20.6. The molecule has 2 N–H and O–H groups in total. The molecule has 0 aliphatic carbocycles. The normalized spacial score (nSPS) is 11.3. The summed E-state index contributed by atoms with van der Waals surface area (Å²) in [6.07, 6.45) is 2.51. The molecule has 0 unspecified atom stereocenters. The van der Waals surface area contributed by atoms with Crippen LogP contribution in [0.1, 0.15) is 0 Å². The molecule has 30 heavy (non-hydrogen) atoms. The van der Waals surface area contributed by atoms with E-state index in [1.807, 2.05) is 6.07 Å². The average molecular weight is 449 g/mol. The number of aromatic nitrogens is 2. The second-order valence-electron chi connectivity index (χ2n) is 6.24. The number of benzene rings is 2. The van der Waals surface area contributed by atoms with Gasteiger partial charge in [0.1, 0.15) is 18.0 Å². The topological polar surface area (TPSA) is 125 Å². The number of carbonyl (C=O) groups is 1. The lowest BCUT2D eigenvalue weighted by Gasteiger charge is -2.19. The van der Waals surface area contributed by atoms with Gasteiger partial charge >= 0.3 is 6.03 Å². The van der Waals surface area contributed by atoms with Gasteiger partial charge in [-0.2, -0.15) is 0 Å². The SMILES string of the molecule is COc1cc2ncnc(SN(C(N)=O)c3ccccc3)c2cc1OCCS(C)(=O)=O. The molecule has 0 saturated carbocycles. The molecule has 1 aromatic heterocycles. The fraction of sp³-hybridized carbons (Fsp3) is 0.211. The molecule has 0 aliphatic heterocycles. The first-order valence-electron chi connectivity index (χ1n) is 8.74. The molecule has 2 aromatic carbocycles. The summed E-state index contributed by atoms with van der Waals surface area (Å²) in [5.41, 5.74) is 6.73. The number of ether oxygens (including phenoxy) is 2. The number of hydrogen-bond acceptors (Lipinski definition) is 8. The van der Waals surface area contributed by atoms with Crippen molar-refractivity contribution in [3.63, 3.8) is 0 Å². The van der Waals surface area contributed by atoms with E-state index in [9.17, 15) is 13.2 Å². The van der Waals surface area contributed by atoms with Gasteiger partial charge < -0.3 is 15.2 Å². The van der Waals surface area contributed by atoms with Crippen molar-refractivity contribution in [3.05, 3.63) is 48.8 Å². The van der Waals surface area contributed by atoms with E-state index in [1.54, 1.807) is 36.4 Å². The zero-order chi connectivity index (χ0) is 21.7. The van der Waals surface area contributed by atoms with E-state index < -0.39 is 15.9 Å². The second kappa shape index (κ2) is 9.18. The second-order valence-corrected chi connectivity index (χ2v) is 9.43. The molecule has 9 nitrogen and oxygen atoms in total. The standard InChI is InChI=1S/C19H20N4O5S2/c1-27-16-11-15-14(10-17(16)28-8-9-30(2,25)26)18(22-12-21-15)29-23(19(20)24)13-6-4-3-5-7-13/h3-7,10-12H,8-9H2,1-2H3,(H2,20,24). The Morgan fingerprint density at radius 2 is 1.90 bits per heavy atom. The fourth-order valence-corrected chi connectivity index (χ4v) is 3.80. The number of fused-ring (bicyclic) bond motifs is 1. The van der Waals surface area contributed by atoms with Crippen LogP contribution in [0.15, 0.2) is 53.8 Å². The van der Waals surface area contributed by atoms with Crippen molar-refractivity contribution in [2.45, 2.75) is 5.03 Å². The smallest absolute Gasteiger partial charge is 0.329 e. The van der Waals surface area contributed by atoms with Crippen LogP contribution in [0.25, 0.3) is 10.9 Å². The third kappa shape index (κ3) is 5.30. The van der Waals surface area contributed by atoms with Crippen molar-refractivity contribution < 1.29 is 22.7 Å². The van der Waals surface area contributed by atoms with E-state index in [2.05, 4.69) is 9.97 Å². The van der Waals surface area contributed by atoms with E-state index in [-0.39, 0.29) is 12.4 Å². The Bertz CT molecular complexity index is 1160. The summed E-state index contributed by atoms with van der Waals surface area (Å²) in [6, 6.07) is 11.6. The predicted octanol–water partition coefficient (Wildman–Crippen LogP) is 2.65. The number of amides is 2. The maximum atomic E-state index is 12.0. The monoisotopic (exact) mass is 448 g/mol. The maximum Gasteiger partial charge on any atom is 0.329 e. The van der Waals surface area contributed by atoms with Gasteiger partial charge in [0.05, 0.1) is 24.1 Å². The molecule has 1 heterocycles. The van der Waals surface area contributed by atoms with Gasteiger partial charge in [0.15, 0.2) is 21.3 Å². The summed E-state index contributed by atoms with van der Waals surface area (Å²) < 4.78 is 35.0. The van der Waals surface area contributed by atoms with Gasteiger partial charge in [0.25, 0.3) is 0 Å².